The third kappa shape index (κ3) is 1.33. The van der Waals surface area contributed by atoms with E-state index in [0.29, 0.717) is 0 Å². The third-order valence-corrected chi connectivity index (χ3v) is 3.08. The Morgan fingerprint density at radius 1 is 1.07 bits per heavy atom. The van der Waals surface area contributed by atoms with Crippen molar-refractivity contribution in [2.24, 2.45) is 0 Å². The highest BCUT2D eigenvalue weighted by atomic mass is 14.2. The second kappa shape index (κ2) is 3.16. The second-order valence-corrected chi connectivity index (χ2v) is 4.21. The summed E-state index contributed by atoms with van der Waals surface area (Å²) >= 11 is 0. The van der Waals surface area contributed by atoms with Crippen LogP contribution in [0.1, 0.15) is 18.1 Å². The van der Waals surface area contributed by atoms with Gasteiger partial charge in [0.1, 0.15) is 5.56 Å². The van der Waals surface area contributed by atoms with E-state index >= 15 is 0 Å². The Morgan fingerprint density at radius 3 is 2.87 bits per heavy atom. The summed E-state index contributed by atoms with van der Waals surface area (Å²) in [5.41, 5.74) is 4.30. The van der Waals surface area contributed by atoms with E-state index in [9.17, 15) is 0 Å². The molecule has 0 radical (unpaired) electrons. The van der Waals surface area contributed by atoms with Crippen LogP contribution in [0.2, 0.25) is 0 Å². The SMILES string of the molecule is CC1=C[CH+]c2ccc3ccccc3c2C1. The lowest BCUT2D eigenvalue weighted by molar-refractivity contribution is 1.10. The number of hydrogen-bond acceptors (Lipinski definition) is 0. The van der Waals surface area contributed by atoms with Gasteiger partial charge in [0, 0.05) is 34.9 Å². The molecule has 0 heterocycles. The molecule has 0 saturated heterocycles. The molecule has 0 heteroatoms. The van der Waals surface area contributed by atoms with Gasteiger partial charge in [0.05, 0.1) is 12.0 Å². The van der Waals surface area contributed by atoms with Crippen LogP contribution in [-0.2, 0) is 6.42 Å². The van der Waals surface area contributed by atoms with Gasteiger partial charge in [0.2, 0.25) is 0 Å². The lowest BCUT2D eigenvalue weighted by Crippen LogP contribution is -2.00. The van der Waals surface area contributed by atoms with E-state index in [-0.39, 0.29) is 0 Å². The predicted octanol–water partition coefficient (Wildman–Crippen LogP) is 3.89. The highest BCUT2D eigenvalue weighted by molar-refractivity contribution is 5.88. The van der Waals surface area contributed by atoms with E-state index in [1.165, 1.54) is 27.5 Å². The van der Waals surface area contributed by atoms with Crippen molar-refractivity contribution in [3.8, 4) is 0 Å². The zero-order chi connectivity index (χ0) is 10.3. The standard InChI is InChI=1S/C15H13/c1-11-6-7-13-9-8-12-4-2-3-5-14(12)15(13)10-11/h2-9H,10H2,1H3/q+1. The molecule has 0 nitrogen and oxygen atoms in total. The second-order valence-electron chi connectivity index (χ2n) is 4.21. The minimum absolute atomic E-state index is 1.09. The first-order valence-corrected chi connectivity index (χ1v) is 5.36. The molecule has 0 bridgehead atoms. The van der Waals surface area contributed by atoms with Crippen LogP contribution < -0.4 is 0 Å². The summed E-state index contributed by atoms with van der Waals surface area (Å²) in [6, 6.07) is 13.1. The Balaban J connectivity index is 2.31. The van der Waals surface area contributed by atoms with Crippen molar-refractivity contribution >= 4 is 10.8 Å². The van der Waals surface area contributed by atoms with Crippen LogP contribution in [0.25, 0.3) is 10.8 Å². The molecule has 0 aromatic heterocycles. The topological polar surface area (TPSA) is 0 Å². The van der Waals surface area contributed by atoms with Crippen molar-refractivity contribution in [3.05, 3.63) is 65.6 Å². The largest absolute Gasteiger partial charge is 0.100 e. The van der Waals surface area contributed by atoms with Crippen LogP contribution >= 0.6 is 0 Å². The van der Waals surface area contributed by atoms with E-state index in [1.54, 1.807) is 0 Å². The van der Waals surface area contributed by atoms with Crippen molar-refractivity contribution < 1.29 is 0 Å². The van der Waals surface area contributed by atoms with Gasteiger partial charge in [0.15, 0.2) is 0 Å². The van der Waals surface area contributed by atoms with E-state index in [1.807, 2.05) is 0 Å². The molecule has 0 unspecified atom stereocenters. The maximum Gasteiger partial charge on any atom is 0.100 e. The molecule has 0 saturated carbocycles. The molecule has 3 rings (SSSR count). The Bertz CT molecular complexity index is 547. The predicted molar refractivity (Wildman–Crippen MR) is 64.8 cm³/mol. The fourth-order valence-corrected chi connectivity index (χ4v) is 2.28. The first-order chi connectivity index (χ1) is 7.34. The molecule has 0 atom stereocenters. The molecule has 2 aromatic carbocycles. The molecular weight excluding hydrogens is 180 g/mol. The maximum atomic E-state index is 2.22. The minimum Gasteiger partial charge on any atom is -0.0615 e. The summed E-state index contributed by atoms with van der Waals surface area (Å²) in [5, 5.41) is 2.75. The number of rotatable bonds is 0. The number of benzene rings is 2. The Hall–Kier alpha value is -1.69. The zero-order valence-electron chi connectivity index (χ0n) is 8.83. The van der Waals surface area contributed by atoms with Gasteiger partial charge in [-0.05, 0) is 19.1 Å². The van der Waals surface area contributed by atoms with E-state index < -0.39 is 0 Å². The van der Waals surface area contributed by atoms with Crippen LogP contribution in [0, 0.1) is 6.42 Å². The average Bonchev–Trinajstić information content (AvgIpc) is 2.29. The van der Waals surface area contributed by atoms with E-state index in [2.05, 4.69) is 55.8 Å². The normalized spacial score (nSPS) is 14.3. The summed E-state index contributed by atoms with van der Waals surface area (Å²) in [4.78, 5) is 0. The summed E-state index contributed by atoms with van der Waals surface area (Å²) in [6.45, 7) is 2.20. The molecular formula is C15H13+. The van der Waals surface area contributed by atoms with Gasteiger partial charge in [-0.3, -0.25) is 0 Å². The summed E-state index contributed by atoms with van der Waals surface area (Å²) in [6.07, 6.45) is 5.53. The molecule has 0 aliphatic heterocycles. The molecule has 0 amide bonds. The highest BCUT2D eigenvalue weighted by Crippen LogP contribution is 2.29. The van der Waals surface area contributed by atoms with Crippen molar-refractivity contribution in [1.29, 1.82) is 0 Å². The first kappa shape index (κ1) is 8.60. The van der Waals surface area contributed by atoms with Gasteiger partial charge in [-0.2, -0.15) is 0 Å². The van der Waals surface area contributed by atoms with Crippen LogP contribution in [-0.4, -0.2) is 0 Å². The maximum absolute atomic E-state index is 2.22. The van der Waals surface area contributed by atoms with Crippen molar-refractivity contribution in [1.82, 2.24) is 0 Å². The molecule has 15 heavy (non-hydrogen) atoms. The number of allylic oxidation sites excluding steroid dienone is 2. The molecule has 0 N–H and O–H groups in total. The number of hydrogen-bond donors (Lipinski definition) is 0. The van der Waals surface area contributed by atoms with E-state index in [0.717, 1.165) is 6.42 Å². The fourth-order valence-electron chi connectivity index (χ4n) is 2.28. The monoisotopic (exact) mass is 193 g/mol. The highest BCUT2D eigenvalue weighted by Gasteiger charge is 2.18. The quantitative estimate of drug-likeness (QED) is 0.557. The lowest BCUT2D eigenvalue weighted by atomic mass is 9.88. The molecule has 0 fully saturated rings. The lowest BCUT2D eigenvalue weighted by Gasteiger charge is -2.09. The Labute approximate surface area is 90.2 Å². The Kier molecular flexibility index (Phi) is 1.81. The smallest absolute Gasteiger partial charge is 0.0615 e. The van der Waals surface area contributed by atoms with E-state index in [4.69, 9.17) is 0 Å². The van der Waals surface area contributed by atoms with Gasteiger partial charge >= 0.3 is 0 Å². The average molecular weight is 193 g/mol. The van der Waals surface area contributed by atoms with Gasteiger partial charge in [-0.15, -0.1) is 0 Å². The van der Waals surface area contributed by atoms with Crippen molar-refractivity contribution in [2.45, 2.75) is 13.3 Å². The Morgan fingerprint density at radius 2 is 1.93 bits per heavy atom. The molecule has 1 aliphatic carbocycles. The fraction of sp³-hybridized carbons (Fsp3) is 0.133. The molecule has 0 spiro atoms. The first-order valence-electron chi connectivity index (χ1n) is 5.36. The molecule has 2 aromatic rings. The number of fused-ring (bicyclic) bond motifs is 3. The minimum atomic E-state index is 1.09. The van der Waals surface area contributed by atoms with Gasteiger partial charge < -0.3 is 0 Å². The van der Waals surface area contributed by atoms with Crippen LogP contribution in [0.3, 0.4) is 0 Å². The van der Waals surface area contributed by atoms with Gasteiger partial charge in [-0.1, -0.05) is 18.2 Å². The van der Waals surface area contributed by atoms with Crippen LogP contribution in [0.5, 0.6) is 0 Å². The summed E-state index contributed by atoms with van der Waals surface area (Å²) < 4.78 is 0. The third-order valence-electron chi connectivity index (χ3n) is 3.08. The van der Waals surface area contributed by atoms with Crippen molar-refractivity contribution in [3.63, 3.8) is 0 Å². The van der Waals surface area contributed by atoms with Gasteiger partial charge in [0.25, 0.3) is 0 Å². The molecule has 1 aliphatic rings. The van der Waals surface area contributed by atoms with Crippen molar-refractivity contribution in [2.75, 3.05) is 0 Å². The van der Waals surface area contributed by atoms with Crippen LogP contribution in [0.4, 0.5) is 0 Å². The summed E-state index contributed by atoms with van der Waals surface area (Å²) in [7, 11) is 0. The zero-order valence-corrected chi connectivity index (χ0v) is 8.83. The van der Waals surface area contributed by atoms with Gasteiger partial charge in [-0.25, -0.2) is 0 Å². The van der Waals surface area contributed by atoms with Crippen LogP contribution in [0.15, 0.2) is 48.0 Å². The summed E-state index contributed by atoms with van der Waals surface area (Å²) in [5.74, 6) is 0. The molecule has 72 valence electrons.